The van der Waals surface area contributed by atoms with Crippen LogP contribution in [0.25, 0.3) is 0 Å². The van der Waals surface area contributed by atoms with Gasteiger partial charge in [-0.05, 0) is 19.9 Å². The van der Waals surface area contributed by atoms with Crippen LogP contribution in [0.5, 0.6) is 0 Å². The maximum Gasteiger partial charge on any atom is 0.0184 e. The highest BCUT2D eigenvalue weighted by molar-refractivity contribution is 8.00. The Morgan fingerprint density at radius 3 is 2.76 bits per heavy atom. The summed E-state index contributed by atoms with van der Waals surface area (Å²) in [5, 5.41) is 4.38. The van der Waals surface area contributed by atoms with Crippen molar-refractivity contribution in [1.29, 1.82) is 0 Å². The SMILES string of the molecule is CCCCCCNCCN1CCSC(C)C1C. The molecular weight excluding hydrogens is 228 g/mol. The third-order valence-electron chi connectivity index (χ3n) is 3.80. The summed E-state index contributed by atoms with van der Waals surface area (Å²) >= 11 is 2.12. The highest BCUT2D eigenvalue weighted by atomic mass is 32.2. The molecule has 1 heterocycles. The molecule has 1 N–H and O–H groups in total. The minimum atomic E-state index is 0.746. The molecule has 0 bridgehead atoms. The predicted molar refractivity (Wildman–Crippen MR) is 80.0 cm³/mol. The van der Waals surface area contributed by atoms with Crippen molar-refractivity contribution in [1.82, 2.24) is 10.2 Å². The van der Waals surface area contributed by atoms with E-state index in [1.807, 2.05) is 0 Å². The molecule has 0 radical (unpaired) electrons. The standard InChI is InChI=1S/C14H30N2S/c1-4-5-6-7-8-15-9-10-16-11-12-17-14(3)13(16)2/h13-15H,4-12H2,1-3H3. The van der Waals surface area contributed by atoms with Crippen LogP contribution in [0.15, 0.2) is 0 Å². The highest BCUT2D eigenvalue weighted by Gasteiger charge is 2.24. The second kappa shape index (κ2) is 9.23. The van der Waals surface area contributed by atoms with Gasteiger partial charge in [0.1, 0.15) is 0 Å². The Morgan fingerprint density at radius 2 is 2.00 bits per heavy atom. The molecule has 17 heavy (non-hydrogen) atoms. The van der Waals surface area contributed by atoms with Crippen LogP contribution in [0, 0.1) is 0 Å². The van der Waals surface area contributed by atoms with E-state index in [0.717, 1.165) is 17.8 Å². The lowest BCUT2D eigenvalue weighted by atomic mass is 10.2. The zero-order valence-electron chi connectivity index (χ0n) is 11.9. The number of hydrogen-bond acceptors (Lipinski definition) is 3. The summed E-state index contributed by atoms with van der Waals surface area (Å²) in [7, 11) is 0. The molecule has 1 saturated heterocycles. The second-order valence-electron chi connectivity index (χ2n) is 5.16. The Hall–Kier alpha value is 0.270. The molecule has 3 heteroatoms. The minimum absolute atomic E-state index is 0.746. The van der Waals surface area contributed by atoms with E-state index in [2.05, 4.69) is 42.7 Å². The van der Waals surface area contributed by atoms with Crippen LogP contribution >= 0.6 is 11.8 Å². The number of thioether (sulfide) groups is 1. The summed E-state index contributed by atoms with van der Waals surface area (Å²) in [4.78, 5) is 2.64. The fraction of sp³-hybridized carbons (Fsp3) is 1.00. The van der Waals surface area contributed by atoms with E-state index in [4.69, 9.17) is 0 Å². The number of hydrogen-bond donors (Lipinski definition) is 1. The van der Waals surface area contributed by atoms with Gasteiger partial charge in [-0.3, -0.25) is 4.90 Å². The maximum atomic E-state index is 3.58. The van der Waals surface area contributed by atoms with Gasteiger partial charge in [0.25, 0.3) is 0 Å². The highest BCUT2D eigenvalue weighted by Crippen LogP contribution is 2.23. The fourth-order valence-corrected chi connectivity index (χ4v) is 3.50. The lowest BCUT2D eigenvalue weighted by molar-refractivity contribution is 0.213. The first kappa shape index (κ1) is 15.3. The van der Waals surface area contributed by atoms with Crippen LogP contribution in [-0.2, 0) is 0 Å². The number of nitrogens with one attached hydrogen (secondary N) is 1. The summed E-state index contributed by atoms with van der Waals surface area (Å²) in [5.41, 5.74) is 0. The van der Waals surface area contributed by atoms with E-state index in [9.17, 15) is 0 Å². The molecule has 1 aliphatic heterocycles. The zero-order chi connectivity index (χ0) is 12.5. The van der Waals surface area contributed by atoms with Gasteiger partial charge in [-0.15, -0.1) is 0 Å². The Labute approximate surface area is 112 Å². The van der Waals surface area contributed by atoms with Crippen molar-refractivity contribution in [3.05, 3.63) is 0 Å². The average Bonchev–Trinajstić information content (AvgIpc) is 2.33. The summed E-state index contributed by atoms with van der Waals surface area (Å²) in [6.07, 6.45) is 5.45. The Morgan fingerprint density at radius 1 is 1.18 bits per heavy atom. The zero-order valence-corrected chi connectivity index (χ0v) is 12.7. The summed E-state index contributed by atoms with van der Waals surface area (Å²) < 4.78 is 0. The van der Waals surface area contributed by atoms with Crippen molar-refractivity contribution in [3.63, 3.8) is 0 Å². The van der Waals surface area contributed by atoms with Gasteiger partial charge in [-0.2, -0.15) is 11.8 Å². The van der Waals surface area contributed by atoms with Crippen LogP contribution in [-0.4, -0.2) is 48.1 Å². The van der Waals surface area contributed by atoms with Gasteiger partial charge in [-0.1, -0.05) is 33.1 Å². The van der Waals surface area contributed by atoms with Gasteiger partial charge >= 0.3 is 0 Å². The van der Waals surface area contributed by atoms with Crippen LogP contribution in [0.2, 0.25) is 0 Å². The Kier molecular flexibility index (Phi) is 8.33. The molecule has 1 aliphatic rings. The Bertz CT molecular complexity index is 187. The molecule has 2 unspecified atom stereocenters. The van der Waals surface area contributed by atoms with Crippen molar-refractivity contribution < 1.29 is 0 Å². The van der Waals surface area contributed by atoms with Crippen molar-refractivity contribution >= 4 is 11.8 Å². The number of rotatable bonds is 8. The lowest BCUT2D eigenvalue weighted by Crippen LogP contribution is -2.47. The minimum Gasteiger partial charge on any atom is -0.315 e. The maximum absolute atomic E-state index is 3.58. The largest absolute Gasteiger partial charge is 0.315 e. The van der Waals surface area contributed by atoms with Gasteiger partial charge in [0, 0.05) is 36.7 Å². The van der Waals surface area contributed by atoms with Crippen molar-refractivity contribution in [3.8, 4) is 0 Å². The lowest BCUT2D eigenvalue weighted by Gasteiger charge is -2.37. The molecule has 0 aromatic heterocycles. The molecule has 0 amide bonds. The molecule has 1 fully saturated rings. The van der Waals surface area contributed by atoms with Gasteiger partial charge in [0.05, 0.1) is 0 Å². The molecular formula is C14H30N2S. The van der Waals surface area contributed by atoms with E-state index in [-0.39, 0.29) is 0 Å². The molecule has 0 aromatic carbocycles. The third-order valence-corrected chi connectivity index (χ3v) is 5.14. The van der Waals surface area contributed by atoms with E-state index >= 15 is 0 Å². The normalized spacial score (nSPS) is 26.3. The topological polar surface area (TPSA) is 15.3 Å². The van der Waals surface area contributed by atoms with Gasteiger partial charge in [0.15, 0.2) is 0 Å². The van der Waals surface area contributed by atoms with Crippen LogP contribution in [0.1, 0.15) is 46.5 Å². The van der Waals surface area contributed by atoms with Gasteiger partial charge in [0.2, 0.25) is 0 Å². The molecule has 0 aliphatic carbocycles. The van der Waals surface area contributed by atoms with Gasteiger partial charge < -0.3 is 5.32 Å². The predicted octanol–water partition coefficient (Wildman–Crippen LogP) is 2.98. The first-order valence-corrected chi connectivity index (χ1v) is 8.37. The first-order valence-electron chi connectivity index (χ1n) is 7.32. The molecule has 0 spiro atoms. The molecule has 0 saturated carbocycles. The van der Waals surface area contributed by atoms with Crippen molar-refractivity contribution in [2.24, 2.45) is 0 Å². The second-order valence-corrected chi connectivity index (χ2v) is 6.65. The van der Waals surface area contributed by atoms with E-state index < -0.39 is 0 Å². The number of unbranched alkanes of at least 4 members (excludes halogenated alkanes) is 3. The molecule has 2 atom stereocenters. The average molecular weight is 258 g/mol. The van der Waals surface area contributed by atoms with E-state index in [1.54, 1.807) is 0 Å². The van der Waals surface area contributed by atoms with Crippen LogP contribution in [0.4, 0.5) is 0 Å². The van der Waals surface area contributed by atoms with Crippen molar-refractivity contribution in [2.75, 3.05) is 31.9 Å². The molecule has 2 nitrogen and oxygen atoms in total. The number of nitrogens with zero attached hydrogens (tertiary/aromatic N) is 1. The van der Waals surface area contributed by atoms with Crippen LogP contribution in [0.3, 0.4) is 0 Å². The van der Waals surface area contributed by atoms with Crippen LogP contribution < -0.4 is 5.32 Å². The monoisotopic (exact) mass is 258 g/mol. The smallest absolute Gasteiger partial charge is 0.0184 e. The first-order chi connectivity index (χ1) is 8.25. The van der Waals surface area contributed by atoms with Gasteiger partial charge in [-0.25, -0.2) is 0 Å². The quantitative estimate of drug-likeness (QED) is 0.674. The molecule has 102 valence electrons. The third kappa shape index (κ3) is 6.12. The van der Waals surface area contributed by atoms with Crippen molar-refractivity contribution in [2.45, 2.75) is 57.7 Å². The summed E-state index contributed by atoms with van der Waals surface area (Å²) in [6, 6.07) is 0.746. The molecule has 0 aromatic rings. The Balaban J connectivity index is 1.98. The molecule has 1 rings (SSSR count). The summed E-state index contributed by atoms with van der Waals surface area (Å²) in [6.45, 7) is 11.9. The van der Waals surface area contributed by atoms with E-state index in [1.165, 1.54) is 51.1 Å². The fourth-order valence-electron chi connectivity index (χ4n) is 2.34. The van der Waals surface area contributed by atoms with E-state index in [0.29, 0.717) is 0 Å². The summed E-state index contributed by atoms with van der Waals surface area (Å²) in [5.74, 6) is 1.31.